The summed E-state index contributed by atoms with van der Waals surface area (Å²) >= 11 is 7.64. The molecular weight excluding hydrogens is 432 g/mol. The monoisotopic (exact) mass is 454 g/mol. The van der Waals surface area contributed by atoms with Gasteiger partial charge in [-0.25, -0.2) is 4.98 Å². The van der Waals surface area contributed by atoms with Crippen LogP contribution in [0.1, 0.15) is 24.5 Å². The van der Waals surface area contributed by atoms with Gasteiger partial charge in [-0.3, -0.25) is 9.59 Å². The molecule has 1 aromatic carbocycles. The van der Waals surface area contributed by atoms with Crippen LogP contribution in [0.3, 0.4) is 0 Å². The average Bonchev–Trinajstić information content (AvgIpc) is 3.39. The number of benzene rings is 1. The number of fused-ring (bicyclic) bond motifs is 1. The molecule has 2 aromatic heterocycles. The molecule has 160 valence electrons. The number of nitrogens with zero attached hydrogens (tertiary/aromatic N) is 1. The van der Waals surface area contributed by atoms with Crippen LogP contribution >= 0.6 is 22.9 Å². The number of carbonyl (C=O) groups excluding carboxylic acids is 2. The maximum absolute atomic E-state index is 12.6. The van der Waals surface area contributed by atoms with Crippen molar-refractivity contribution in [2.75, 3.05) is 6.54 Å². The fourth-order valence-corrected chi connectivity index (χ4v) is 4.58. The van der Waals surface area contributed by atoms with E-state index in [1.807, 2.05) is 41.8 Å². The summed E-state index contributed by atoms with van der Waals surface area (Å²) < 4.78 is 0. The number of aromatic nitrogens is 1. The van der Waals surface area contributed by atoms with Gasteiger partial charge >= 0.3 is 0 Å². The number of nitrogens with one attached hydrogen (secondary N) is 3. The van der Waals surface area contributed by atoms with Crippen molar-refractivity contribution < 1.29 is 9.59 Å². The van der Waals surface area contributed by atoms with Crippen molar-refractivity contribution in [3.8, 4) is 0 Å². The van der Waals surface area contributed by atoms with E-state index in [1.54, 1.807) is 13.1 Å². The lowest BCUT2D eigenvalue weighted by Gasteiger charge is -2.17. The zero-order valence-corrected chi connectivity index (χ0v) is 18.6. The van der Waals surface area contributed by atoms with Gasteiger partial charge in [-0.1, -0.05) is 53.6 Å². The molecule has 0 radical (unpaired) electrons. The second-order valence-electron chi connectivity index (χ2n) is 7.58. The van der Waals surface area contributed by atoms with Crippen molar-refractivity contribution in [1.82, 2.24) is 20.9 Å². The van der Waals surface area contributed by atoms with Crippen molar-refractivity contribution in [2.24, 2.45) is 0 Å². The number of amides is 2. The molecule has 1 fully saturated rings. The van der Waals surface area contributed by atoms with Gasteiger partial charge in [0.1, 0.15) is 10.9 Å². The van der Waals surface area contributed by atoms with Gasteiger partial charge in [0.15, 0.2) is 0 Å². The summed E-state index contributed by atoms with van der Waals surface area (Å²) in [5, 5.41) is 12.2. The maximum atomic E-state index is 12.6. The molecule has 1 aliphatic heterocycles. The van der Waals surface area contributed by atoms with Crippen molar-refractivity contribution >= 4 is 51.0 Å². The molecule has 0 saturated carbocycles. The normalized spacial score (nSPS) is 18.3. The summed E-state index contributed by atoms with van der Waals surface area (Å²) in [6.45, 7) is 2.66. The fraction of sp³-hybridized carbons (Fsp3) is 0.261. The summed E-state index contributed by atoms with van der Waals surface area (Å²) in [6.07, 6.45) is 4.45. The largest absolute Gasteiger partial charge is 0.350 e. The van der Waals surface area contributed by atoms with Crippen molar-refractivity contribution in [1.29, 1.82) is 0 Å². The molecule has 3 N–H and O–H groups in total. The molecule has 1 aliphatic rings. The fourth-order valence-electron chi connectivity index (χ4n) is 3.49. The molecule has 1 saturated heterocycles. The first-order chi connectivity index (χ1) is 15.0. The first-order valence-electron chi connectivity index (χ1n) is 10.1. The molecule has 0 aliphatic carbocycles. The van der Waals surface area contributed by atoms with Gasteiger partial charge < -0.3 is 16.0 Å². The Morgan fingerprint density at radius 1 is 1.35 bits per heavy atom. The third-order valence-corrected chi connectivity index (χ3v) is 6.53. The van der Waals surface area contributed by atoms with Crippen LogP contribution in [0.15, 0.2) is 53.5 Å². The Bertz CT molecular complexity index is 1130. The average molecular weight is 455 g/mol. The van der Waals surface area contributed by atoms with Gasteiger partial charge in [-0.05, 0) is 30.5 Å². The zero-order valence-electron chi connectivity index (χ0n) is 17.0. The van der Waals surface area contributed by atoms with Gasteiger partial charge in [0.2, 0.25) is 11.8 Å². The third kappa shape index (κ3) is 5.31. The van der Waals surface area contributed by atoms with E-state index in [1.165, 1.54) is 16.9 Å². The lowest BCUT2D eigenvalue weighted by atomic mass is 10.1. The minimum Gasteiger partial charge on any atom is -0.350 e. The topological polar surface area (TPSA) is 83.1 Å². The Kier molecular flexibility index (Phi) is 6.65. The third-order valence-electron chi connectivity index (χ3n) is 5.19. The molecule has 0 bridgehead atoms. The molecule has 8 heteroatoms. The molecule has 4 rings (SSSR count). The van der Waals surface area contributed by atoms with Crippen molar-refractivity contribution in [3.63, 3.8) is 0 Å². The van der Waals surface area contributed by atoms with E-state index in [-0.39, 0.29) is 17.9 Å². The first kappa shape index (κ1) is 21.5. The Hall–Kier alpha value is -2.74. The molecule has 0 spiro atoms. The van der Waals surface area contributed by atoms with Gasteiger partial charge in [-0.2, -0.15) is 0 Å². The molecule has 31 heavy (non-hydrogen) atoms. The highest BCUT2D eigenvalue weighted by molar-refractivity contribution is 7.17. The predicted molar refractivity (Wildman–Crippen MR) is 125 cm³/mol. The highest BCUT2D eigenvalue weighted by atomic mass is 35.5. The Morgan fingerprint density at radius 3 is 2.97 bits per heavy atom. The highest BCUT2D eigenvalue weighted by Gasteiger charge is 2.27. The van der Waals surface area contributed by atoms with Gasteiger partial charge in [-0.15, -0.1) is 11.3 Å². The smallest absolute Gasteiger partial charge is 0.242 e. The number of rotatable bonds is 6. The minimum atomic E-state index is -0.641. The number of halogens is 1. The van der Waals surface area contributed by atoms with E-state index in [9.17, 15) is 9.59 Å². The van der Waals surface area contributed by atoms with Crippen LogP contribution < -0.4 is 16.0 Å². The second kappa shape index (κ2) is 9.60. The number of pyridine rings is 1. The van der Waals surface area contributed by atoms with Crippen LogP contribution in [0.25, 0.3) is 16.3 Å². The Labute approximate surface area is 189 Å². The Balaban J connectivity index is 1.27. The summed E-state index contributed by atoms with van der Waals surface area (Å²) in [7, 11) is 0. The van der Waals surface area contributed by atoms with Gasteiger partial charge in [0, 0.05) is 30.1 Å². The molecule has 2 atom stereocenters. The first-order valence-corrected chi connectivity index (χ1v) is 11.3. The van der Waals surface area contributed by atoms with Gasteiger partial charge in [0.25, 0.3) is 0 Å². The van der Waals surface area contributed by atoms with Crippen LogP contribution in [0.4, 0.5) is 0 Å². The van der Waals surface area contributed by atoms with Crippen molar-refractivity contribution in [3.05, 3.63) is 69.7 Å². The van der Waals surface area contributed by atoms with E-state index >= 15 is 0 Å². The minimum absolute atomic E-state index is 0.174. The number of hydrogen-bond acceptors (Lipinski definition) is 5. The molecule has 3 heterocycles. The predicted octanol–water partition coefficient (Wildman–Crippen LogP) is 3.52. The van der Waals surface area contributed by atoms with E-state index in [2.05, 4.69) is 27.0 Å². The number of hydrogen-bond donors (Lipinski definition) is 3. The van der Waals surface area contributed by atoms with E-state index < -0.39 is 6.04 Å². The standard InChI is InChI=1S/C23H23ClN4O2S/c1-14(21(29)26-11-17-8-18-19(24)13-31-23(18)27-12-17)28-22(30)20-9-16(10-25-20)7-15-5-3-2-4-6-15/h2-8,12-14,20,25H,9-11H2,1H3,(H,26,29)(H,28,30)/b16-7-/t14-,20+/m0/s1. The number of thiophene rings is 1. The van der Waals surface area contributed by atoms with Crippen LogP contribution in [0.2, 0.25) is 5.02 Å². The van der Waals surface area contributed by atoms with Crippen molar-refractivity contribution in [2.45, 2.75) is 32.0 Å². The van der Waals surface area contributed by atoms with Crippen LogP contribution in [-0.4, -0.2) is 35.4 Å². The van der Waals surface area contributed by atoms with E-state index in [4.69, 9.17) is 11.6 Å². The van der Waals surface area contributed by atoms with Crippen LogP contribution in [0.5, 0.6) is 0 Å². The summed E-state index contributed by atoms with van der Waals surface area (Å²) in [6, 6.07) is 11.0. The Morgan fingerprint density at radius 2 is 2.16 bits per heavy atom. The lowest BCUT2D eigenvalue weighted by Crippen LogP contribution is -2.49. The molecule has 2 amide bonds. The molecule has 0 unspecified atom stereocenters. The summed E-state index contributed by atoms with van der Waals surface area (Å²) in [5.74, 6) is -0.421. The number of carbonyl (C=O) groups is 2. The SMILES string of the molecule is C[C@H](NC(=O)[C@H]1C/C(=C/c2ccccc2)CN1)C(=O)NCc1cnc2scc(Cl)c2c1. The second-order valence-corrected chi connectivity index (χ2v) is 8.84. The zero-order chi connectivity index (χ0) is 21.8. The van der Waals surface area contributed by atoms with Crippen LogP contribution in [0, 0.1) is 0 Å². The molecular formula is C23H23ClN4O2S. The summed E-state index contributed by atoms with van der Waals surface area (Å²) in [4.78, 5) is 30.3. The van der Waals surface area contributed by atoms with Gasteiger partial charge in [0.05, 0.1) is 11.1 Å². The lowest BCUT2D eigenvalue weighted by molar-refractivity contribution is -0.129. The quantitative estimate of drug-likeness (QED) is 0.532. The highest BCUT2D eigenvalue weighted by Crippen LogP contribution is 2.28. The summed E-state index contributed by atoms with van der Waals surface area (Å²) in [5.41, 5.74) is 3.13. The molecule has 6 nitrogen and oxygen atoms in total. The molecule has 3 aromatic rings. The maximum Gasteiger partial charge on any atom is 0.242 e. The van der Waals surface area contributed by atoms with Crippen LogP contribution in [-0.2, 0) is 16.1 Å². The van der Waals surface area contributed by atoms with E-state index in [0.29, 0.717) is 24.5 Å². The van der Waals surface area contributed by atoms with E-state index in [0.717, 1.165) is 21.3 Å².